The maximum absolute atomic E-state index is 13.8. The van der Waals surface area contributed by atoms with E-state index in [2.05, 4.69) is 15.9 Å². The van der Waals surface area contributed by atoms with Crippen molar-refractivity contribution in [1.82, 2.24) is 4.31 Å². The highest BCUT2D eigenvalue weighted by Crippen LogP contribution is 2.29. The summed E-state index contributed by atoms with van der Waals surface area (Å²) in [5.41, 5.74) is 5.77. The largest absolute Gasteiger partial charge is 0.398 e. The van der Waals surface area contributed by atoms with E-state index in [1.165, 1.54) is 4.31 Å². The van der Waals surface area contributed by atoms with E-state index >= 15 is 0 Å². The molecule has 0 unspecified atom stereocenters. The third-order valence-corrected chi connectivity index (χ3v) is 5.69. The zero-order chi connectivity index (χ0) is 14.2. The number of aliphatic hydroxyl groups excluding tert-OH is 1. The minimum absolute atomic E-state index is 0.164. The summed E-state index contributed by atoms with van der Waals surface area (Å²) in [4.78, 5) is -0.426. The Hall–Kier alpha value is -0.700. The van der Waals surface area contributed by atoms with Gasteiger partial charge < -0.3 is 10.8 Å². The SMILES string of the molecule is Nc1cc(S(=O)(=O)N2CCC(O)CC2)c(F)cc1Br. The van der Waals surface area contributed by atoms with Gasteiger partial charge in [-0.2, -0.15) is 4.31 Å². The van der Waals surface area contributed by atoms with Crippen molar-refractivity contribution in [3.8, 4) is 0 Å². The van der Waals surface area contributed by atoms with Crippen molar-refractivity contribution in [1.29, 1.82) is 0 Å². The molecule has 8 heteroatoms. The molecular weight excluding hydrogens is 339 g/mol. The van der Waals surface area contributed by atoms with E-state index in [1.54, 1.807) is 0 Å². The van der Waals surface area contributed by atoms with Gasteiger partial charge in [0.2, 0.25) is 10.0 Å². The fraction of sp³-hybridized carbons (Fsp3) is 0.455. The molecule has 0 aromatic heterocycles. The molecule has 106 valence electrons. The Bertz CT molecular complexity index is 586. The molecule has 0 spiro atoms. The molecule has 0 aliphatic carbocycles. The molecule has 1 aliphatic heterocycles. The number of anilines is 1. The minimum Gasteiger partial charge on any atom is -0.398 e. The molecule has 0 saturated carbocycles. The quantitative estimate of drug-likeness (QED) is 0.786. The first kappa shape index (κ1) is 14.7. The third kappa shape index (κ3) is 2.91. The van der Waals surface area contributed by atoms with Crippen LogP contribution >= 0.6 is 15.9 Å². The molecule has 19 heavy (non-hydrogen) atoms. The Morgan fingerprint density at radius 1 is 1.37 bits per heavy atom. The van der Waals surface area contributed by atoms with Crippen LogP contribution in [-0.4, -0.2) is 37.0 Å². The molecule has 1 aromatic carbocycles. The van der Waals surface area contributed by atoms with E-state index in [4.69, 9.17) is 5.73 Å². The Labute approximate surface area is 119 Å². The standard InChI is InChI=1S/C11H14BrFN2O3S/c12-8-5-9(13)11(6-10(8)14)19(17,18)15-3-1-7(16)2-4-15/h5-7,16H,1-4,14H2. The number of nitrogens with two attached hydrogens (primary N) is 1. The Morgan fingerprint density at radius 2 is 1.95 bits per heavy atom. The fourth-order valence-electron chi connectivity index (χ4n) is 1.96. The van der Waals surface area contributed by atoms with E-state index in [1.807, 2.05) is 0 Å². The zero-order valence-electron chi connectivity index (χ0n) is 10.0. The molecule has 2 rings (SSSR count). The van der Waals surface area contributed by atoms with Crippen LogP contribution in [0.1, 0.15) is 12.8 Å². The number of piperidine rings is 1. The highest BCUT2D eigenvalue weighted by molar-refractivity contribution is 9.10. The monoisotopic (exact) mass is 352 g/mol. The second kappa shape index (κ2) is 5.35. The first-order valence-electron chi connectivity index (χ1n) is 5.75. The van der Waals surface area contributed by atoms with Crippen LogP contribution < -0.4 is 5.73 Å². The number of nitrogens with zero attached hydrogens (tertiary/aromatic N) is 1. The molecule has 5 nitrogen and oxygen atoms in total. The van der Waals surface area contributed by atoms with Crippen LogP contribution in [0.15, 0.2) is 21.5 Å². The first-order chi connectivity index (χ1) is 8.82. The summed E-state index contributed by atoms with van der Waals surface area (Å²) in [6, 6.07) is 2.15. The highest BCUT2D eigenvalue weighted by Gasteiger charge is 2.31. The molecule has 0 amide bonds. The topological polar surface area (TPSA) is 83.6 Å². The first-order valence-corrected chi connectivity index (χ1v) is 7.98. The van der Waals surface area contributed by atoms with Crippen molar-refractivity contribution >= 4 is 31.6 Å². The van der Waals surface area contributed by atoms with Gasteiger partial charge >= 0.3 is 0 Å². The van der Waals surface area contributed by atoms with Gasteiger partial charge in [0.1, 0.15) is 10.7 Å². The van der Waals surface area contributed by atoms with Crippen LogP contribution in [0.2, 0.25) is 0 Å². The third-order valence-electron chi connectivity index (χ3n) is 3.09. The van der Waals surface area contributed by atoms with Gasteiger partial charge in [0.25, 0.3) is 0 Å². The van der Waals surface area contributed by atoms with Crippen LogP contribution in [0.4, 0.5) is 10.1 Å². The van der Waals surface area contributed by atoms with Crippen LogP contribution in [-0.2, 0) is 10.0 Å². The zero-order valence-corrected chi connectivity index (χ0v) is 12.4. The van der Waals surface area contributed by atoms with Crippen LogP contribution in [0, 0.1) is 5.82 Å². The molecule has 1 heterocycles. The fourth-order valence-corrected chi connectivity index (χ4v) is 3.83. The lowest BCUT2D eigenvalue weighted by Crippen LogP contribution is -2.40. The smallest absolute Gasteiger partial charge is 0.246 e. The van der Waals surface area contributed by atoms with Gasteiger partial charge in [0, 0.05) is 23.2 Å². The van der Waals surface area contributed by atoms with Crippen LogP contribution in [0.25, 0.3) is 0 Å². The molecule has 1 aliphatic rings. The minimum atomic E-state index is -3.91. The lowest BCUT2D eigenvalue weighted by molar-refractivity contribution is 0.113. The van der Waals surface area contributed by atoms with Gasteiger partial charge in [-0.05, 0) is 40.9 Å². The number of sulfonamides is 1. The summed E-state index contributed by atoms with van der Waals surface area (Å²) >= 11 is 3.04. The predicted octanol–water partition coefficient (Wildman–Crippen LogP) is 1.32. The Balaban J connectivity index is 2.37. The second-order valence-corrected chi connectivity index (χ2v) is 7.20. The average Bonchev–Trinajstić information content (AvgIpc) is 2.34. The molecule has 3 N–H and O–H groups in total. The number of halogens is 2. The molecule has 0 radical (unpaired) electrons. The molecule has 1 saturated heterocycles. The molecule has 0 bridgehead atoms. The molecular formula is C11H14BrFN2O3S. The number of hydrogen-bond acceptors (Lipinski definition) is 4. The van der Waals surface area contributed by atoms with Crippen molar-refractivity contribution in [2.75, 3.05) is 18.8 Å². The Kier molecular flexibility index (Phi) is 4.14. The second-order valence-electron chi connectivity index (χ2n) is 4.44. The van der Waals surface area contributed by atoms with E-state index in [-0.39, 0.29) is 18.8 Å². The van der Waals surface area contributed by atoms with E-state index in [0.717, 1.165) is 12.1 Å². The normalized spacial score (nSPS) is 18.7. The van der Waals surface area contributed by atoms with Crippen LogP contribution in [0.3, 0.4) is 0 Å². The summed E-state index contributed by atoms with van der Waals surface area (Å²) in [6.07, 6.45) is 0.214. The van der Waals surface area contributed by atoms with Gasteiger partial charge in [-0.1, -0.05) is 0 Å². The number of hydrogen-bond donors (Lipinski definition) is 2. The van der Waals surface area contributed by atoms with Crippen molar-refractivity contribution in [3.05, 3.63) is 22.4 Å². The summed E-state index contributed by atoms with van der Waals surface area (Å²) < 4.78 is 39.9. The number of aliphatic hydroxyl groups is 1. The molecule has 0 atom stereocenters. The van der Waals surface area contributed by atoms with Gasteiger partial charge in [0.05, 0.1) is 6.10 Å². The summed E-state index contributed by atoms with van der Waals surface area (Å²) in [7, 11) is -3.91. The van der Waals surface area contributed by atoms with Crippen molar-refractivity contribution in [2.24, 2.45) is 0 Å². The van der Waals surface area contributed by atoms with Crippen molar-refractivity contribution in [2.45, 2.75) is 23.8 Å². The predicted molar refractivity (Wildman–Crippen MR) is 72.5 cm³/mol. The number of nitrogen functional groups attached to an aromatic ring is 1. The van der Waals surface area contributed by atoms with E-state index in [9.17, 15) is 17.9 Å². The summed E-state index contributed by atoms with van der Waals surface area (Å²) in [5.74, 6) is -0.841. The maximum Gasteiger partial charge on any atom is 0.246 e. The van der Waals surface area contributed by atoms with Gasteiger partial charge in [-0.25, -0.2) is 12.8 Å². The average molecular weight is 353 g/mol. The maximum atomic E-state index is 13.8. The summed E-state index contributed by atoms with van der Waals surface area (Å²) in [5, 5.41) is 9.38. The summed E-state index contributed by atoms with van der Waals surface area (Å²) in [6.45, 7) is 0.359. The number of rotatable bonds is 2. The number of benzene rings is 1. The lowest BCUT2D eigenvalue weighted by atomic mass is 10.1. The van der Waals surface area contributed by atoms with Crippen LogP contribution in [0.5, 0.6) is 0 Å². The van der Waals surface area contributed by atoms with Gasteiger partial charge in [-0.3, -0.25) is 0 Å². The van der Waals surface area contributed by atoms with E-state index in [0.29, 0.717) is 17.3 Å². The van der Waals surface area contributed by atoms with E-state index < -0.39 is 26.8 Å². The van der Waals surface area contributed by atoms with Crippen molar-refractivity contribution < 1.29 is 17.9 Å². The molecule has 1 fully saturated rings. The van der Waals surface area contributed by atoms with Gasteiger partial charge in [-0.15, -0.1) is 0 Å². The highest BCUT2D eigenvalue weighted by atomic mass is 79.9. The van der Waals surface area contributed by atoms with Crippen molar-refractivity contribution in [3.63, 3.8) is 0 Å². The lowest BCUT2D eigenvalue weighted by Gasteiger charge is -2.28. The Morgan fingerprint density at radius 3 is 2.53 bits per heavy atom. The molecule has 1 aromatic rings. The van der Waals surface area contributed by atoms with Gasteiger partial charge in [0.15, 0.2) is 0 Å².